The van der Waals surface area contributed by atoms with Gasteiger partial charge >= 0.3 is 0 Å². The Morgan fingerprint density at radius 1 is 1.54 bits per heavy atom. The second-order valence-corrected chi connectivity index (χ2v) is 3.51. The smallest absolute Gasteiger partial charge is 0.123 e. The van der Waals surface area contributed by atoms with E-state index in [1.165, 1.54) is 19.3 Å². The lowest BCUT2D eigenvalue weighted by molar-refractivity contribution is 0.120. The molecule has 1 aromatic heterocycles. The molecule has 1 aliphatic carbocycles. The average molecular weight is 177 g/mol. The maximum absolute atomic E-state index is 5.75. The second-order valence-electron chi connectivity index (χ2n) is 3.51. The van der Waals surface area contributed by atoms with Crippen LogP contribution in [0.3, 0.4) is 0 Å². The van der Waals surface area contributed by atoms with E-state index in [0.29, 0.717) is 6.10 Å². The predicted molar refractivity (Wildman–Crippen MR) is 51.9 cm³/mol. The molecule has 1 aliphatic rings. The van der Waals surface area contributed by atoms with Gasteiger partial charge in [-0.2, -0.15) is 0 Å². The number of hydrogen-bond donors (Lipinski definition) is 0. The minimum atomic E-state index is 0.465. The number of aromatic nitrogens is 1. The quantitative estimate of drug-likeness (QED) is 0.708. The third-order valence-corrected chi connectivity index (χ3v) is 2.51. The van der Waals surface area contributed by atoms with Crippen LogP contribution >= 0.6 is 0 Å². The van der Waals surface area contributed by atoms with Crippen molar-refractivity contribution in [1.82, 2.24) is 4.98 Å². The Morgan fingerprint density at radius 3 is 3.00 bits per heavy atom. The molecular weight excluding hydrogens is 162 g/mol. The third kappa shape index (κ3) is 2.00. The molecule has 0 radical (unpaired) electrons. The summed E-state index contributed by atoms with van der Waals surface area (Å²) in [5, 5.41) is 0. The Labute approximate surface area is 78.9 Å². The zero-order chi connectivity index (χ0) is 9.10. The van der Waals surface area contributed by atoms with Gasteiger partial charge in [-0.15, -0.1) is 0 Å². The molecule has 0 bridgehead atoms. The Morgan fingerprint density at radius 2 is 2.38 bits per heavy atom. The summed E-state index contributed by atoms with van der Waals surface area (Å²) in [7, 11) is 0. The lowest BCUT2D eigenvalue weighted by Gasteiger charge is -2.26. The normalized spacial score (nSPS) is 16.7. The van der Waals surface area contributed by atoms with Crippen molar-refractivity contribution < 1.29 is 4.74 Å². The van der Waals surface area contributed by atoms with Crippen molar-refractivity contribution in [2.75, 3.05) is 0 Å². The molecular formula is C11H15NO. The van der Waals surface area contributed by atoms with Gasteiger partial charge in [0, 0.05) is 18.0 Å². The molecule has 0 saturated heterocycles. The maximum atomic E-state index is 5.75. The van der Waals surface area contributed by atoms with Gasteiger partial charge in [0.2, 0.25) is 0 Å². The van der Waals surface area contributed by atoms with Crippen LogP contribution in [-0.4, -0.2) is 11.1 Å². The van der Waals surface area contributed by atoms with Crippen molar-refractivity contribution >= 4 is 0 Å². The highest BCUT2D eigenvalue weighted by Crippen LogP contribution is 2.24. The summed E-state index contributed by atoms with van der Waals surface area (Å²) in [4.78, 5) is 4.23. The first-order chi connectivity index (χ1) is 6.38. The molecule has 2 nitrogen and oxygen atoms in total. The number of rotatable bonds is 3. The van der Waals surface area contributed by atoms with E-state index in [1.54, 1.807) is 0 Å². The van der Waals surface area contributed by atoms with Crippen molar-refractivity contribution in [3.8, 4) is 5.75 Å². The highest BCUT2D eigenvalue weighted by atomic mass is 16.5. The molecule has 2 rings (SSSR count). The van der Waals surface area contributed by atoms with Crippen molar-refractivity contribution in [1.29, 1.82) is 0 Å². The van der Waals surface area contributed by atoms with Gasteiger partial charge in [-0.05, 0) is 31.7 Å². The summed E-state index contributed by atoms with van der Waals surface area (Å²) in [5.41, 5.74) is 1.11. The fourth-order valence-electron chi connectivity index (χ4n) is 1.40. The molecule has 0 spiro atoms. The van der Waals surface area contributed by atoms with E-state index in [2.05, 4.69) is 11.9 Å². The van der Waals surface area contributed by atoms with E-state index >= 15 is 0 Å². The highest BCUT2D eigenvalue weighted by Gasteiger charge is 2.18. The summed E-state index contributed by atoms with van der Waals surface area (Å²) < 4.78 is 5.75. The van der Waals surface area contributed by atoms with Crippen molar-refractivity contribution in [3.63, 3.8) is 0 Å². The van der Waals surface area contributed by atoms with E-state index < -0.39 is 0 Å². The Kier molecular flexibility index (Phi) is 2.48. The maximum Gasteiger partial charge on any atom is 0.123 e. The van der Waals surface area contributed by atoms with Gasteiger partial charge < -0.3 is 4.74 Å². The van der Waals surface area contributed by atoms with E-state index in [-0.39, 0.29) is 0 Å². The molecule has 1 fully saturated rings. The molecule has 0 atom stereocenters. The average Bonchev–Trinajstić information content (AvgIpc) is 2.12. The van der Waals surface area contributed by atoms with E-state index in [9.17, 15) is 0 Å². The van der Waals surface area contributed by atoms with Crippen LogP contribution in [0.2, 0.25) is 0 Å². The lowest BCUT2D eigenvalue weighted by Crippen LogP contribution is -2.24. The largest absolute Gasteiger partial charge is 0.490 e. The van der Waals surface area contributed by atoms with Gasteiger partial charge in [-0.25, -0.2) is 0 Å². The summed E-state index contributed by atoms with van der Waals surface area (Å²) in [6.07, 6.45) is 7.01. The number of nitrogens with zero attached hydrogens (tertiary/aromatic N) is 1. The van der Waals surface area contributed by atoms with Gasteiger partial charge in [-0.3, -0.25) is 4.98 Å². The number of pyridine rings is 1. The Hall–Kier alpha value is -1.05. The fourth-order valence-corrected chi connectivity index (χ4v) is 1.40. The molecule has 1 saturated carbocycles. The second kappa shape index (κ2) is 3.77. The highest BCUT2D eigenvalue weighted by molar-refractivity contribution is 5.23. The molecule has 13 heavy (non-hydrogen) atoms. The SMILES string of the molecule is CCc1cc(OC2CCC2)ccn1. The molecule has 0 N–H and O–H groups in total. The molecule has 0 aromatic carbocycles. The first kappa shape index (κ1) is 8.54. The third-order valence-electron chi connectivity index (χ3n) is 2.51. The lowest BCUT2D eigenvalue weighted by atomic mass is 9.96. The molecule has 1 aromatic rings. The van der Waals surface area contributed by atoms with Crippen LogP contribution in [0, 0.1) is 0 Å². The van der Waals surface area contributed by atoms with Crippen LogP contribution in [0.1, 0.15) is 31.9 Å². The summed E-state index contributed by atoms with van der Waals surface area (Å²) in [5.74, 6) is 0.983. The molecule has 0 unspecified atom stereocenters. The van der Waals surface area contributed by atoms with Crippen molar-refractivity contribution in [2.24, 2.45) is 0 Å². The minimum absolute atomic E-state index is 0.465. The molecule has 0 aliphatic heterocycles. The fraction of sp³-hybridized carbons (Fsp3) is 0.545. The Bertz CT molecular complexity index is 281. The summed E-state index contributed by atoms with van der Waals surface area (Å²) in [6.45, 7) is 2.11. The first-order valence-electron chi connectivity index (χ1n) is 5.00. The Balaban J connectivity index is 2.01. The van der Waals surface area contributed by atoms with Gasteiger partial charge in [0.15, 0.2) is 0 Å². The topological polar surface area (TPSA) is 22.1 Å². The van der Waals surface area contributed by atoms with E-state index in [0.717, 1.165) is 17.9 Å². The standard InChI is InChI=1S/C11H15NO/c1-2-9-8-11(6-7-12-9)13-10-4-3-5-10/h6-8,10H,2-5H2,1H3. The first-order valence-corrected chi connectivity index (χ1v) is 5.00. The van der Waals surface area contributed by atoms with Gasteiger partial charge in [0.05, 0.1) is 6.10 Å². The summed E-state index contributed by atoms with van der Waals surface area (Å²) in [6, 6.07) is 3.98. The zero-order valence-corrected chi connectivity index (χ0v) is 7.99. The number of hydrogen-bond acceptors (Lipinski definition) is 2. The van der Waals surface area contributed by atoms with Crippen LogP contribution in [0.4, 0.5) is 0 Å². The molecule has 70 valence electrons. The zero-order valence-electron chi connectivity index (χ0n) is 7.99. The van der Waals surface area contributed by atoms with Crippen LogP contribution in [0.5, 0.6) is 5.75 Å². The van der Waals surface area contributed by atoms with E-state index in [4.69, 9.17) is 4.74 Å². The number of aryl methyl sites for hydroxylation is 1. The van der Waals surface area contributed by atoms with Crippen LogP contribution in [-0.2, 0) is 6.42 Å². The van der Waals surface area contributed by atoms with Crippen molar-refractivity contribution in [3.05, 3.63) is 24.0 Å². The van der Waals surface area contributed by atoms with Crippen molar-refractivity contribution in [2.45, 2.75) is 38.7 Å². The van der Waals surface area contributed by atoms with Gasteiger partial charge in [-0.1, -0.05) is 6.92 Å². The van der Waals surface area contributed by atoms with Crippen LogP contribution in [0.25, 0.3) is 0 Å². The monoisotopic (exact) mass is 177 g/mol. The molecule has 0 amide bonds. The minimum Gasteiger partial charge on any atom is -0.490 e. The molecule has 1 heterocycles. The van der Waals surface area contributed by atoms with Crippen LogP contribution in [0.15, 0.2) is 18.3 Å². The predicted octanol–water partition coefficient (Wildman–Crippen LogP) is 2.58. The molecule has 2 heteroatoms. The summed E-state index contributed by atoms with van der Waals surface area (Å²) >= 11 is 0. The van der Waals surface area contributed by atoms with Gasteiger partial charge in [0.25, 0.3) is 0 Å². The van der Waals surface area contributed by atoms with Crippen LogP contribution < -0.4 is 4.74 Å². The number of ether oxygens (including phenoxy) is 1. The van der Waals surface area contributed by atoms with E-state index in [1.807, 2.05) is 18.3 Å². The van der Waals surface area contributed by atoms with Gasteiger partial charge in [0.1, 0.15) is 5.75 Å².